The molecule has 0 aliphatic rings. The lowest BCUT2D eigenvalue weighted by molar-refractivity contribution is 0.624. The predicted molar refractivity (Wildman–Crippen MR) is 72.3 cm³/mol. The van der Waals surface area contributed by atoms with E-state index in [-0.39, 0.29) is 16.8 Å². The van der Waals surface area contributed by atoms with Crippen LogP contribution >= 0.6 is 22.9 Å². The molecule has 5 heteroatoms. The topological polar surface area (TPSA) is 49.8 Å². The lowest BCUT2D eigenvalue weighted by Crippen LogP contribution is -2.02. The van der Waals surface area contributed by atoms with Gasteiger partial charge >= 0.3 is 0 Å². The van der Waals surface area contributed by atoms with E-state index in [1.807, 2.05) is 17.5 Å². The van der Waals surface area contributed by atoms with Gasteiger partial charge in [0.25, 0.3) is 0 Å². The van der Waals surface area contributed by atoms with E-state index in [1.165, 1.54) is 29.5 Å². The summed E-state index contributed by atoms with van der Waals surface area (Å²) in [6.07, 6.45) is 0. The van der Waals surface area contributed by atoms with Crippen LogP contribution in [0.3, 0.4) is 0 Å². The summed E-state index contributed by atoms with van der Waals surface area (Å²) in [6, 6.07) is 9.77. The zero-order valence-corrected chi connectivity index (χ0v) is 10.7. The van der Waals surface area contributed by atoms with E-state index in [0.717, 1.165) is 0 Å². The van der Waals surface area contributed by atoms with Gasteiger partial charge in [0.15, 0.2) is 0 Å². The van der Waals surface area contributed by atoms with E-state index in [9.17, 15) is 4.39 Å². The molecule has 0 unspecified atom stereocenters. The van der Waals surface area contributed by atoms with E-state index in [1.54, 1.807) is 6.07 Å². The molecule has 0 saturated carbocycles. The van der Waals surface area contributed by atoms with Crippen molar-refractivity contribution >= 4 is 34.2 Å². The van der Waals surface area contributed by atoms with Crippen LogP contribution in [0.1, 0.15) is 10.4 Å². The van der Waals surface area contributed by atoms with E-state index in [4.69, 9.17) is 22.6 Å². The molecular weight excluding hydrogens is 271 g/mol. The Hall–Kier alpha value is -1.83. The fraction of sp³-hybridized carbons (Fsp3) is 0. The van der Waals surface area contributed by atoms with Crippen LogP contribution in [0.4, 0.5) is 4.39 Å². The molecule has 0 radical (unpaired) electrons. The normalized spacial score (nSPS) is 11.8. The lowest BCUT2D eigenvalue weighted by Gasteiger charge is -2.06. The number of benzene rings is 1. The van der Waals surface area contributed by atoms with Gasteiger partial charge in [-0.2, -0.15) is 5.26 Å². The Morgan fingerprint density at radius 3 is 2.72 bits per heavy atom. The summed E-state index contributed by atoms with van der Waals surface area (Å²) < 4.78 is 13.7. The van der Waals surface area contributed by atoms with Crippen molar-refractivity contribution in [2.75, 3.05) is 0 Å². The van der Waals surface area contributed by atoms with Gasteiger partial charge in [-0.25, -0.2) is 4.39 Å². The monoisotopic (exact) mass is 278 g/mol. The SMILES string of the molecule is N#C/C(=C(/N)c1ccc(Cl)cc1F)c1cccs1. The summed E-state index contributed by atoms with van der Waals surface area (Å²) in [5.41, 5.74) is 6.45. The van der Waals surface area contributed by atoms with Crippen LogP contribution in [-0.2, 0) is 0 Å². The number of allylic oxidation sites excluding steroid dienone is 1. The highest BCUT2D eigenvalue weighted by Crippen LogP contribution is 2.27. The van der Waals surface area contributed by atoms with Gasteiger partial charge in [0.1, 0.15) is 11.9 Å². The van der Waals surface area contributed by atoms with Crippen LogP contribution in [0.25, 0.3) is 11.3 Å². The second-order valence-electron chi connectivity index (χ2n) is 3.50. The molecule has 90 valence electrons. The van der Waals surface area contributed by atoms with Crippen LogP contribution in [0.2, 0.25) is 5.02 Å². The highest BCUT2D eigenvalue weighted by molar-refractivity contribution is 7.11. The standard InChI is InChI=1S/C13H8ClFN2S/c14-8-3-4-9(11(15)6-8)13(17)10(7-16)12-2-1-5-18-12/h1-6H,17H2/b13-10-. The van der Waals surface area contributed by atoms with Gasteiger partial charge in [-0.1, -0.05) is 17.7 Å². The number of nitriles is 1. The smallest absolute Gasteiger partial charge is 0.134 e. The minimum Gasteiger partial charge on any atom is -0.397 e. The molecule has 2 N–H and O–H groups in total. The summed E-state index contributed by atoms with van der Waals surface area (Å²) in [4.78, 5) is 0.712. The minimum atomic E-state index is -0.538. The average Bonchev–Trinajstić information content (AvgIpc) is 2.83. The number of rotatable bonds is 2. The molecule has 2 nitrogen and oxygen atoms in total. The fourth-order valence-corrected chi connectivity index (χ4v) is 2.40. The summed E-state index contributed by atoms with van der Waals surface area (Å²) >= 11 is 7.05. The number of thiophene rings is 1. The van der Waals surface area contributed by atoms with Crippen LogP contribution in [0.5, 0.6) is 0 Å². The molecule has 0 fully saturated rings. The second-order valence-corrected chi connectivity index (χ2v) is 4.89. The van der Waals surface area contributed by atoms with Gasteiger partial charge < -0.3 is 5.73 Å². The average molecular weight is 279 g/mol. The number of hydrogen-bond donors (Lipinski definition) is 1. The van der Waals surface area contributed by atoms with Crippen molar-refractivity contribution in [1.82, 2.24) is 0 Å². The maximum atomic E-state index is 13.7. The summed E-state index contributed by atoms with van der Waals surface area (Å²) in [5, 5.41) is 11.3. The van der Waals surface area contributed by atoms with Gasteiger partial charge in [-0.15, -0.1) is 11.3 Å². The Kier molecular flexibility index (Phi) is 3.66. The maximum Gasteiger partial charge on any atom is 0.134 e. The molecular formula is C13H8ClFN2S. The number of hydrogen-bond acceptors (Lipinski definition) is 3. The van der Waals surface area contributed by atoms with E-state index in [2.05, 4.69) is 0 Å². The maximum absolute atomic E-state index is 13.7. The zero-order chi connectivity index (χ0) is 13.1. The van der Waals surface area contributed by atoms with Crippen molar-refractivity contribution in [2.45, 2.75) is 0 Å². The lowest BCUT2D eigenvalue weighted by atomic mass is 10.1. The molecule has 1 heterocycles. The van der Waals surface area contributed by atoms with Crippen molar-refractivity contribution in [3.8, 4) is 6.07 Å². The number of nitrogens with two attached hydrogens (primary N) is 1. The van der Waals surface area contributed by atoms with Crippen molar-refractivity contribution < 1.29 is 4.39 Å². The van der Waals surface area contributed by atoms with Crippen LogP contribution in [0, 0.1) is 17.1 Å². The van der Waals surface area contributed by atoms with Crippen LogP contribution < -0.4 is 5.73 Å². The Balaban J connectivity index is 2.58. The van der Waals surface area contributed by atoms with Crippen molar-refractivity contribution in [2.24, 2.45) is 5.73 Å². The zero-order valence-electron chi connectivity index (χ0n) is 9.15. The van der Waals surface area contributed by atoms with E-state index in [0.29, 0.717) is 9.90 Å². The Morgan fingerprint density at radius 1 is 1.39 bits per heavy atom. The van der Waals surface area contributed by atoms with Gasteiger partial charge in [0.05, 0.1) is 11.3 Å². The first-order chi connectivity index (χ1) is 8.63. The highest BCUT2D eigenvalue weighted by atomic mass is 35.5. The first-order valence-electron chi connectivity index (χ1n) is 5.02. The molecule has 18 heavy (non-hydrogen) atoms. The van der Waals surface area contributed by atoms with Crippen LogP contribution in [0.15, 0.2) is 35.7 Å². The molecule has 1 aromatic heterocycles. The first kappa shape index (κ1) is 12.6. The van der Waals surface area contributed by atoms with Crippen molar-refractivity contribution in [1.29, 1.82) is 5.26 Å². The Labute approximate surface area is 113 Å². The van der Waals surface area contributed by atoms with Crippen LogP contribution in [-0.4, -0.2) is 0 Å². The van der Waals surface area contributed by atoms with Crippen molar-refractivity contribution in [3.63, 3.8) is 0 Å². The molecule has 2 rings (SSSR count). The molecule has 0 aliphatic carbocycles. The third kappa shape index (κ3) is 2.37. The quantitative estimate of drug-likeness (QED) is 0.847. The van der Waals surface area contributed by atoms with Gasteiger partial charge in [0, 0.05) is 15.5 Å². The summed E-state index contributed by atoms with van der Waals surface area (Å²) in [5.74, 6) is -0.538. The number of nitrogens with zero attached hydrogens (tertiary/aromatic N) is 1. The molecule has 0 amide bonds. The fourth-order valence-electron chi connectivity index (χ4n) is 1.51. The van der Waals surface area contributed by atoms with Gasteiger partial charge in [0.2, 0.25) is 0 Å². The minimum absolute atomic E-state index is 0.120. The highest BCUT2D eigenvalue weighted by Gasteiger charge is 2.13. The largest absolute Gasteiger partial charge is 0.397 e. The van der Waals surface area contributed by atoms with Gasteiger partial charge in [-0.3, -0.25) is 0 Å². The van der Waals surface area contributed by atoms with Gasteiger partial charge in [-0.05, 0) is 29.6 Å². The molecule has 0 spiro atoms. The number of halogens is 2. The first-order valence-corrected chi connectivity index (χ1v) is 6.28. The Morgan fingerprint density at radius 2 is 2.17 bits per heavy atom. The summed E-state index contributed by atoms with van der Waals surface area (Å²) in [6.45, 7) is 0. The predicted octanol–water partition coefficient (Wildman–Crippen LogP) is 3.89. The molecule has 0 bridgehead atoms. The Bertz CT molecular complexity index is 642. The van der Waals surface area contributed by atoms with E-state index >= 15 is 0 Å². The molecule has 1 aromatic carbocycles. The molecule has 2 aromatic rings. The molecule has 0 saturated heterocycles. The summed E-state index contributed by atoms with van der Waals surface area (Å²) in [7, 11) is 0. The van der Waals surface area contributed by atoms with Crippen molar-refractivity contribution in [3.05, 3.63) is 57.0 Å². The molecule has 0 aliphatic heterocycles. The third-order valence-corrected chi connectivity index (χ3v) is 3.49. The molecule has 0 atom stereocenters. The van der Waals surface area contributed by atoms with E-state index < -0.39 is 5.82 Å². The third-order valence-electron chi connectivity index (χ3n) is 2.37. The second kappa shape index (κ2) is 5.21.